The summed E-state index contributed by atoms with van der Waals surface area (Å²) in [6, 6.07) is 15.1. The van der Waals surface area contributed by atoms with Crippen molar-refractivity contribution in [1.29, 1.82) is 0 Å². The zero-order valence-corrected chi connectivity index (χ0v) is 13.4. The van der Waals surface area contributed by atoms with Crippen molar-refractivity contribution in [3.63, 3.8) is 0 Å². The van der Waals surface area contributed by atoms with Crippen LogP contribution in [0.2, 0.25) is 0 Å². The largest absolute Gasteiger partial charge is 0.496 e. The summed E-state index contributed by atoms with van der Waals surface area (Å²) in [5.41, 5.74) is 2.78. The van der Waals surface area contributed by atoms with Gasteiger partial charge in [-0.25, -0.2) is 0 Å². The van der Waals surface area contributed by atoms with E-state index in [9.17, 15) is 4.79 Å². The van der Waals surface area contributed by atoms with Crippen LogP contribution in [0, 0.1) is 6.92 Å². The van der Waals surface area contributed by atoms with Gasteiger partial charge in [-0.15, -0.1) is 0 Å². The Labute approximate surface area is 139 Å². The second kappa shape index (κ2) is 6.95. The molecule has 6 heteroatoms. The molecule has 0 atom stereocenters. The van der Waals surface area contributed by atoms with Gasteiger partial charge in [0, 0.05) is 17.7 Å². The Balaban J connectivity index is 1.69. The van der Waals surface area contributed by atoms with Gasteiger partial charge >= 0.3 is 0 Å². The van der Waals surface area contributed by atoms with Crippen molar-refractivity contribution in [3.8, 4) is 17.2 Å². The number of aryl methyl sites for hydroxylation is 1. The lowest BCUT2D eigenvalue weighted by Gasteiger charge is -2.08. The van der Waals surface area contributed by atoms with Crippen LogP contribution in [0.5, 0.6) is 5.75 Å². The van der Waals surface area contributed by atoms with Crippen LogP contribution in [0.4, 0.5) is 0 Å². The second-order valence-electron chi connectivity index (χ2n) is 5.28. The molecule has 0 fully saturated rings. The van der Waals surface area contributed by atoms with Gasteiger partial charge in [-0.2, -0.15) is 4.98 Å². The minimum atomic E-state index is -0.400. The fourth-order valence-electron chi connectivity index (χ4n) is 2.23. The van der Waals surface area contributed by atoms with Gasteiger partial charge in [0.25, 0.3) is 17.6 Å². The monoisotopic (exact) mass is 323 g/mol. The molecule has 0 unspecified atom stereocenters. The number of carbonyl (C=O) groups excluding carboxylic acids is 1. The highest BCUT2D eigenvalue weighted by Gasteiger charge is 2.16. The molecule has 0 saturated heterocycles. The summed E-state index contributed by atoms with van der Waals surface area (Å²) in [7, 11) is 1.59. The lowest BCUT2D eigenvalue weighted by atomic mass is 10.1. The van der Waals surface area contributed by atoms with Crippen molar-refractivity contribution in [2.75, 3.05) is 7.11 Å². The summed E-state index contributed by atoms with van der Waals surface area (Å²) in [5, 5.41) is 6.50. The first-order valence-corrected chi connectivity index (χ1v) is 7.48. The van der Waals surface area contributed by atoms with Gasteiger partial charge in [0.15, 0.2) is 0 Å². The maximum atomic E-state index is 12.2. The number of rotatable bonds is 5. The smallest absolute Gasteiger partial charge is 0.292 e. The number of methoxy groups -OCH3 is 1. The van der Waals surface area contributed by atoms with Crippen LogP contribution < -0.4 is 10.1 Å². The van der Waals surface area contributed by atoms with Crippen molar-refractivity contribution in [3.05, 3.63) is 65.5 Å². The van der Waals surface area contributed by atoms with Gasteiger partial charge in [-0.3, -0.25) is 4.79 Å². The Morgan fingerprint density at radius 2 is 1.92 bits per heavy atom. The number of ether oxygens (including phenoxy) is 1. The molecule has 3 rings (SSSR count). The fraction of sp³-hybridized carbons (Fsp3) is 0.167. The molecule has 1 heterocycles. The Kier molecular flexibility index (Phi) is 4.56. The first-order valence-electron chi connectivity index (χ1n) is 7.48. The van der Waals surface area contributed by atoms with E-state index >= 15 is 0 Å². The van der Waals surface area contributed by atoms with E-state index in [1.54, 1.807) is 7.11 Å². The van der Waals surface area contributed by atoms with E-state index in [2.05, 4.69) is 15.5 Å². The molecule has 1 amide bonds. The van der Waals surface area contributed by atoms with Crippen LogP contribution in [-0.4, -0.2) is 23.2 Å². The van der Waals surface area contributed by atoms with Gasteiger partial charge in [0.05, 0.1) is 7.11 Å². The highest BCUT2D eigenvalue weighted by molar-refractivity contribution is 5.90. The Hall–Kier alpha value is -3.15. The molecule has 24 heavy (non-hydrogen) atoms. The minimum Gasteiger partial charge on any atom is -0.496 e. The molecule has 1 aromatic heterocycles. The van der Waals surface area contributed by atoms with Crippen LogP contribution in [-0.2, 0) is 6.54 Å². The SMILES string of the molecule is COc1ccccc1CNC(=O)c1noc(-c2ccc(C)cc2)n1. The lowest BCUT2D eigenvalue weighted by Crippen LogP contribution is -2.24. The van der Waals surface area contributed by atoms with Crippen LogP contribution >= 0.6 is 0 Å². The molecule has 0 saturated carbocycles. The van der Waals surface area contributed by atoms with Crippen molar-refractivity contribution in [2.24, 2.45) is 0 Å². The van der Waals surface area contributed by atoms with Gasteiger partial charge in [-0.1, -0.05) is 41.1 Å². The third-order valence-corrected chi connectivity index (χ3v) is 3.56. The second-order valence-corrected chi connectivity index (χ2v) is 5.28. The number of hydrogen-bond donors (Lipinski definition) is 1. The van der Waals surface area contributed by atoms with E-state index in [1.807, 2.05) is 55.5 Å². The molecule has 0 aliphatic rings. The normalized spacial score (nSPS) is 10.4. The Morgan fingerprint density at radius 3 is 2.67 bits per heavy atom. The summed E-state index contributed by atoms with van der Waals surface area (Å²) in [6.07, 6.45) is 0. The topological polar surface area (TPSA) is 77.2 Å². The molecule has 122 valence electrons. The van der Waals surface area contributed by atoms with Gasteiger partial charge in [-0.05, 0) is 25.1 Å². The maximum Gasteiger partial charge on any atom is 0.292 e. The van der Waals surface area contributed by atoms with Crippen molar-refractivity contribution in [1.82, 2.24) is 15.5 Å². The van der Waals surface area contributed by atoms with Crippen molar-refractivity contribution < 1.29 is 14.1 Å². The highest BCUT2D eigenvalue weighted by atomic mass is 16.5. The molecule has 3 aromatic rings. The van der Waals surface area contributed by atoms with E-state index in [-0.39, 0.29) is 5.82 Å². The number of nitrogens with one attached hydrogen (secondary N) is 1. The lowest BCUT2D eigenvalue weighted by molar-refractivity contribution is 0.0937. The summed E-state index contributed by atoms with van der Waals surface area (Å²) >= 11 is 0. The van der Waals surface area contributed by atoms with Gasteiger partial charge < -0.3 is 14.6 Å². The van der Waals surface area contributed by atoms with Crippen molar-refractivity contribution >= 4 is 5.91 Å². The quantitative estimate of drug-likeness (QED) is 0.781. The zero-order chi connectivity index (χ0) is 16.9. The van der Waals surface area contributed by atoms with E-state index in [4.69, 9.17) is 9.26 Å². The maximum absolute atomic E-state index is 12.2. The summed E-state index contributed by atoms with van der Waals surface area (Å²) in [4.78, 5) is 16.3. The summed E-state index contributed by atoms with van der Waals surface area (Å²) in [5.74, 6) is 0.632. The molecule has 0 aliphatic heterocycles. The molecule has 0 bridgehead atoms. The number of carbonyl (C=O) groups is 1. The fourth-order valence-corrected chi connectivity index (χ4v) is 2.23. The number of aromatic nitrogens is 2. The molecule has 6 nitrogen and oxygen atoms in total. The van der Waals surface area contributed by atoms with Gasteiger partial charge in [0.1, 0.15) is 5.75 Å². The predicted molar refractivity (Wildman–Crippen MR) is 88.6 cm³/mol. The Morgan fingerprint density at radius 1 is 1.17 bits per heavy atom. The summed E-state index contributed by atoms with van der Waals surface area (Å²) in [6.45, 7) is 2.31. The molecule has 0 aliphatic carbocycles. The number of nitrogens with zero attached hydrogens (tertiary/aromatic N) is 2. The Bertz CT molecular complexity index is 841. The minimum absolute atomic E-state index is 0.000438. The van der Waals surface area contributed by atoms with Crippen LogP contribution in [0.15, 0.2) is 53.1 Å². The molecule has 0 spiro atoms. The van der Waals surface area contributed by atoms with Crippen LogP contribution in [0.1, 0.15) is 21.7 Å². The predicted octanol–water partition coefficient (Wildman–Crippen LogP) is 2.98. The van der Waals surface area contributed by atoms with E-state index in [0.717, 1.165) is 16.7 Å². The zero-order valence-electron chi connectivity index (χ0n) is 13.4. The molecular weight excluding hydrogens is 306 g/mol. The van der Waals surface area contributed by atoms with Crippen molar-refractivity contribution in [2.45, 2.75) is 13.5 Å². The van der Waals surface area contributed by atoms with Crippen LogP contribution in [0.25, 0.3) is 11.5 Å². The molecule has 1 N–H and O–H groups in total. The molecule has 2 aromatic carbocycles. The third-order valence-electron chi connectivity index (χ3n) is 3.56. The number of amides is 1. The molecular formula is C18H17N3O3. The number of para-hydroxylation sites is 1. The first kappa shape index (κ1) is 15.7. The van der Waals surface area contributed by atoms with E-state index in [0.29, 0.717) is 18.2 Å². The first-order chi connectivity index (χ1) is 11.7. The van der Waals surface area contributed by atoms with Gasteiger partial charge in [0.2, 0.25) is 0 Å². The number of hydrogen-bond acceptors (Lipinski definition) is 5. The summed E-state index contributed by atoms with van der Waals surface area (Å²) < 4.78 is 10.4. The van der Waals surface area contributed by atoms with E-state index in [1.165, 1.54) is 0 Å². The average molecular weight is 323 g/mol. The number of benzene rings is 2. The van der Waals surface area contributed by atoms with Crippen LogP contribution in [0.3, 0.4) is 0 Å². The highest BCUT2D eigenvalue weighted by Crippen LogP contribution is 2.18. The standard InChI is InChI=1S/C18H17N3O3/c1-12-7-9-13(10-8-12)18-20-16(21-24-18)17(22)19-11-14-5-3-4-6-15(14)23-2/h3-10H,11H2,1-2H3,(H,19,22). The molecule has 0 radical (unpaired) electrons. The third kappa shape index (κ3) is 3.43. The van der Waals surface area contributed by atoms with E-state index < -0.39 is 5.91 Å². The average Bonchev–Trinajstić information content (AvgIpc) is 3.10.